The molecule has 1 aromatic carbocycles. The van der Waals surface area contributed by atoms with Gasteiger partial charge >= 0.3 is 0 Å². The van der Waals surface area contributed by atoms with Crippen LogP contribution < -0.4 is 0 Å². The van der Waals surface area contributed by atoms with Gasteiger partial charge in [-0.25, -0.2) is 0 Å². The molecule has 0 saturated carbocycles. The molecule has 0 unspecified atom stereocenters. The fourth-order valence-electron chi connectivity index (χ4n) is 2.27. The summed E-state index contributed by atoms with van der Waals surface area (Å²) in [5, 5.41) is 35.4. The molecule has 0 amide bonds. The van der Waals surface area contributed by atoms with E-state index in [1.54, 1.807) is 4.90 Å². The number of hydrogen-bond donors (Lipinski definition) is 4. The van der Waals surface area contributed by atoms with Crippen molar-refractivity contribution in [1.29, 1.82) is 0 Å². The Morgan fingerprint density at radius 3 is 1.38 bits per heavy atom. The number of aromatic hydroxyl groups is 1. The van der Waals surface area contributed by atoms with Crippen molar-refractivity contribution in [3.05, 3.63) is 29.3 Å². The molecule has 24 heavy (non-hydrogen) atoms. The summed E-state index contributed by atoms with van der Waals surface area (Å²) in [5.41, 5.74) is 2.09. The predicted octanol–water partition coefficient (Wildman–Crippen LogP) is 1.90. The number of rotatable bonds is 8. The first-order chi connectivity index (χ1) is 10.9. The normalized spacial score (nSPS) is 10.6. The summed E-state index contributed by atoms with van der Waals surface area (Å²) in [6.45, 7) is 10.1. The molecule has 1 rings (SSSR count). The number of benzene rings is 1. The summed E-state index contributed by atoms with van der Waals surface area (Å²) in [7, 11) is 0. The maximum Gasteiger partial charge on any atom is 0.122 e. The maximum absolute atomic E-state index is 9.93. The molecule has 5 nitrogen and oxygen atoms in total. The summed E-state index contributed by atoms with van der Waals surface area (Å²) in [6, 6.07) is 6.00. The van der Waals surface area contributed by atoms with Crippen LogP contribution in [0.2, 0.25) is 0 Å². The second-order valence-electron chi connectivity index (χ2n) is 6.11. The van der Waals surface area contributed by atoms with Crippen LogP contribution in [0.3, 0.4) is 0 Å². The van der Waals surface area contributed by atoms with Crippen molar-refractivity contribution in [2.45, 2.75) is 39.5 Å². The zero-order valence-corrected chi connectivity index (χ0v) is 16.9. The fraction of sp³-hybridized carbons (Fsp3) is 0.667. The molecule has 6 heteroatoms. The van der Waals surface area contributed by atoms with E-state index >= 15 is 0 Å². The Morgan fingerprint density at radius 1 is 0.792 bits per heavy atom. The fourth-order valence-corrected chi connectivity index (χ4v) is 2.27. The van der Waals surface area contributed by atoms with Gasteiger partial charge in [-0.3, -0.25) is 4.90 Å². The van der Waals surface area contributed by atoms with E-state index in [0.717, 1.165) is 11.1 Å². The smallest absolute Gasteiger partial charge is 0.122 e. The van der Waals surface area contributed by atoms with Gasteiger partial charge in [0.2, 0.25) is 0 Å². The minimum absolute atomic E-state index is 0. The van der Waals surface area contributed by atoms with Crippen LogP contribution in [0, 0.1) is 0 Å². The quantitative estimate of drug-likeness (QED) is 0.522. The van der Waals surface area contributed by atoms with Crippen LogP contribution >= 0.6 is 0 Å². The van der Waals surface area contributed by atoms with Crippen molar-refractivity contribution >= 4 is 0 Å². The van der Waals surface area contributed by atoms with Crippen LogP contribution in [0.25, 0.3) is 0 Å². The van der Waals surface area contributed by atoms with Crippen molar-refractivity contribution in [3.8, 4) is 5.75 Å². The first-order valence-electron chi connectivity index (χ1n) is 8.25. The van der Waals surface area contributed by atoms with E-state index in [-0.39, 0.29) is 41.5 Å². The molecular weight excluding hydrogens is 342 g/mol. The minimum Gasteiger partial charge on any atom is -0.507 e. The molecule has 0 aliphatic heterocycles. The molecule has 0 saturated heterocycles. The monoisotopic (exact) mass is 375 g/mol. The van der Waals surface area contributed by atoms with Gasteiger partial charge in [0.25, 0.3) is 0 Å². The predicted molar refractivity (Wildman–Crippen MR) is 94.0 cm³/mol. The third-order valence-corrected chi connectivity index (χ3v) is 3.59. The van der Waals surface area contributed by atoms with E-state index in [9.17, 15) is 5.11 Å². The van der Waals surface area contributed by atoms with E-state index in [4.69, 9.17) is 15.3 Å². The van der Waals surface area contributed by atoms with Gasteiger partial charge in [0.1, 0.15) is 5.75 Å². The van der Waals surface area contributed by atoms with Crippen molar-refractivity contribution in [2.75, 3.05) is 39.5 Å². The molecule has 4 N–H and O–H groups in total. The minimum atomic E-state index is 0. The molecule has 0 aliphatic rings. The molecular formula is C18H33NO4Ti. The Balaban J connectivity index is 0. The Morgan fingerprint density at radius 2 is 1.12 bits per heavy atom. The molecule has 138 valence electrons. The molecule has 0 spiro atoms. The number of phenols is 1. The van der Waals surface area contributed by atoms with E-state index in [1.807, 2.05) is 18.2 Å². The third-order valence-electron chi connectivity index (χ3n) is 3.59. The van der Waals surface area contributed by atoms with E-state index in [1.165, 1.54) is 0 Å². The van der Waals surface area contributed by atoms with Crippen LogP contribution in [0.1, 0.15) is 50.7 Å². The number of aliphatic hydroxyl groups is 3. The van der Waals surface area contributed by atoms with Crippen LogP contribution in [0.4, 0.5) is 0 Å². The zero-order valence-electron chi connectivity index (χ0n) is 15.4. The Bertz CT molecular complexity index is 387. The van der Waals surface area contributed by atoms with E-state index in [2.05, 4.69) is 27.7 Å². The van der Waals surface area contributed by atoms with Gasteiger partial charge in [0.15, 0.2) is 0 Å². The first kappa shape index (κ1) is 25.8. The largest absolute Gasteiger partial charge is 0.507 e. The zero-order chi connectivity index (χ0) is 17.8. The van der Waals surface area contributed by atoms with Crippen molar-refractivity contribution in [3.63, 3.8) is 0 Å². The Kier molecular flexibility index (Phi) is 16.0. The summed E-state index contributed by atoms with van der Waals surface area (Å²) in [4.78, 5) is 1.79. The molecule has 1 aromatic rings. The average Bonchev–Trinajstić information content (AvgIpc) is 2.48. The summed E-state index contributed by atoms with van der Waals surface area (Å²) < 4.78 is 0. The van der Waals surface area contributed by atoms with Gasteiger partial charge in [-0.1, -0.05) is 45.9 Å². The van der Waals surface area contributed by atoms with Crippen LogP contribution in [-0.2, 0) is 21.7 Å². The second-order valence-corrected chi connectivity index (χ2v) is 6.11. The van der Waals surface area contributed by atoms with Crippen LogP contribution in [0.5, 0.6) is 5.75 Å². The van der Waals surface area contributed by atoms with Gasteiger partial charge < -0.3 is 20.4 Å². The summed E-state index contributed by atoms with van der Waals surface area (Å²) >= 11 is 0. The third kappa shape index (κ3) is 9.77. The Labute approximate surface area is 161 Å². The molecule has 0 atom stereocenters. The molecule has 0 fully saturated rings. The van der Waals surface area contributed by atoms with Crippen molar-refractivity contribution < 1.29 is 42.1 Å². The van der Waals surface area contributed by atoms with Gasteiger partial charge in [-0.2, -0.15) is 0 Å². The number of hydrogen-bond acceptors (Lipinski definition) is 5. The summed E-state index contributed by atoms with van der Waals surface area (Å²) in [6.07, 6.45) is 0. The van der Waals surface area contributed by atoms with Crippen molar-refractivity contribution in [1.82, 2.24) is 4.90 Å². The van der Waals surface area contributed by atoms with Crippen LogP contribution in [0.15, 0.2) is 18.2 Å². The summed E-state index contributed by atoms with van der Waals surface area (Å²) in [5.74, 6) is 1.25. The average molecular weight is 375 g/mol. The van der Waals surface area contributed by atoms with Crippen LogP contribution in [-0.4, -0.2) is 64.8 Å². The number of aliphatic hydroxyl groups excluding tert-OH is 3. The topological polar surface area (TPSA) is 84.2 Å². The molecule has 0 heterocycles. The first-order valence-corrected chi connectivity index (χ1v) is 8.25. The SMILES string of the molecule is CC(C)c1cccc(C(C)C)c1O.OCCN(CCO)CCO.[Ti]. The number of para-hydroxylation sites is 1. The van der Waals surface area contributed by atoms with Crippen molar-refractivity contribution in [2.24, 2.45) is 0 Å². The maximum atomic E-state index is 9.93. The van der Waals surface area contributed by atoms with Gasteiger partial charge in [-0.15, -0.1) is 0 Å². The van der Waals surface area contributed by atoms with E-state index < -0.39 is 0 Å². The van der Waals surface area contributed by atoms with E-state index in [0.29, 0.717) is 37.2 Å². The standard InChI is InChI=1S/C12H18O.C6H15NO3.Ti/c1-8(2)10-6-5-7-11(9(3)4)12(10)13;8-4-1-7(2-5-9)3-6-10;/h5-9,13H,1-4H3;8-10H,1-6H2;. The molecule has 0 aromatic heterocycles. The number of nitrogens with zero attached hydrogens (tertiary/aromatic N) is 1. The second kappa shape index (κ2) is 14.9. The van der Waals surface area contributed by atoms with Gasteiger partial charge in [-0.05, 0) is 23.0 Å². The number of phenolic OH excluding ortho intramolecular Hbond substituents is 1. The Hall–Kier alpha value is -0.426. The molecule has 0 bridgehead atoms. The molecule has 0 radical (unpaired) electrons. The van der Waals surface area contributed by atoms with Gasteiger partial charge in [0, 0.05) is 41.4 Å². The molecule has 0 aliphatic carbocycles. The van der Waals surface area contributed by atoms with Gasteiger partial charge in [0.05, 0.1) is 19.8 Å².